The molecule has 3 rings (SSSR count). The largest absolute Gasteiger partial charge is 0.368 e. The maximum Gasteiger partial charge on any atom is 0.251 e. The van der Waals surface area contributed by atoms with E-state index in [-0.39, 0.29) is 35.8 Å². The summed E-state index contributed by atoms with van der Waals surface area (Å²) < 4.78 is 32.3. The molecule has 1 unspecified atom stereocenters. The van der Waals surface area contributed by atoms with Crippen molar-refractivity contribution in [3.63, 3.8) is 0 Å². The molecule has 1 atom stereocenters. The number of ketones is 1. The molecule has 7 nitrogen and oxygen atoms in total. The van der Waals surface area contributed by atoms with Gasteiger partial charge in [0.25, 0.3) is 5.91 Å². The third kappa shape index (κ3) is 3.75. The number of hydrogen-bond acceptors (Lipinski definition) is 5. The Morgan fingerprint density at radius 3 is 2.48 bits per heavy atom. The van der Waals surface area contributed by atoms with Crippen LogP contribution in [0.15, 0.2) is 29.2 Å². The normalized spacial score (nSPS) is 22.1. The zero-order chi connectivity index (χ0) is 18.0. The van der Waals surface area contributed by atoms with Gasteiger partial charge in [0.2, 0.25) is 10.0 Å². The maximum absolute atomic E-state index is 12.8. The first-order chi connectivity index (χ1) is 11.9. The fourth-order valence-electron chi connectivity index (χ4n) is 3.15. The highest BCUT2D eigenvalue weighted by Crippen LogP contribution is 2.21. The van der Waals surface area contributed by atoms with E-state index in [0.29, 0.717) is 25.3 Å². The van der Waals surface area contributed by atoms with Crippen molar-refractivity contribution in [3.05, 3.63) is 29.8 Å². The van der Waals surface area contributed by atoms with Crippen LogP contribution in [0.5, 0.6) is 0 Å². The molecule has 0 radical (unpaired) electrons. The van der Waals surface area contributed by atoms with E-state index in [4.69, 9.17) is 4.74 Å². The highest BCUT2D eigenvalue weighted by Gasteiger charge is 2.34. The number of nitrogens with zero attached hydrogens (tertiary/aromatic N) is 2. The molecule has 0 N–H and O–H groups in total. The number of ether oxygens (including phenoxy) is 1. The molecule has 25 heavy (non-hydrogen) atoms. The van der Waals surface area contributed by atoms with Crippen LogP contribution in [-0.2, 0) is 19.6 Å². The lowest BCUT2D eigenvalue weighted by molar-refractivity contribution is -0.142. The topological polar surface area (TPSA) is 84.0 Å². The molecule has 0 aromatic heterocycles. The van der Waals surface area contributed by atoms with Gasteiger partial charge in [-0.1, -0.05) is 12.1 Å². The first-order valence-electron chi connectivity index (χ1n) is 8.41. The monoisotopic (exact) mass is 366 g/mol. The minimum absolute atomic E-state index is 0.0480. The average molecular weight is 366 g/mol. The van der Waals surface area contributed by atoms with Gasteiger partial charge in [0, 0.05) is 38.3 Å². The third-order valence-corrected chi connectivity index (χ3v) is 6.53. The number of sulfonamides is 1. The van der Waals surface area contributed by atoms with E-state index < -0.39 is 10.0 Å². The van der Waals surface area contributed by atoms with Gasteiger partial charge in [-0.25, -0.2) is 8.42 Å². The van der Waals surface area contributed by atoms with Gasteiger partial charge in [-0.15, -0.1) is 0 Å². The van der Waals surface area contributed by atoms with Gasteiger partial charge < -0.3 is 9.64 Å². The molecule has 0 saturated carbocycles. The van der Waals surface area contributed by atoms with Gasteiger partial charge in [0.1, 0.15) is 6.10 Å². The molecule has 136 valence electrons. The van der Waals surface area contributed by atoms with E-state index in [1.807, 2.05) is 0 Å². The number of piperazine rings is 1. The van der Waals surface area contributed by atoms with E-state index in [9.17, 15) is 18.0 Å². The Bertz CT molecular complexity index is 763. The number of carbonyl (C=O) groups excluding carboxylic acids is 2. The second-order valence-corrected chi connectivity index (χ2v) is 8.25. The molecule has 8 heteroatoms. The number of rotatable bonds is 4. The summed E-state index contributed by atoms with van der Waals surface area (Å²) in [5, 5.41) is 0. The predicted molar refractivity (Wildman–Crippen MR) is 90.8 cm³/mol. The SMILES string of the molecule is CC(=O)c1cccc(S(=O)(=O)N2CCN(C(=O)C3CCCO3)CC2)c1. The summed E-state index contributed by atoms with van der Waals surface area (Å²) in [5.74, 6) is -0.225. The minimum Gasteiger partial charge on any atom is -0.368 e. The van der Waals surface area contributed by atoms with Crippen LogP contribution in [0, 0.1) is 0 Å². The van der Waals surface area contributed by atoms with Gasteiger partial charge in [0.15, 0.2) is 5.78 Å². The van der Waals surface area contributed by atoms with E-state index in [1.54, 1.807) is 17.0 Å². The summed E-state index contributed by atoms with van der Waals surface area (Å²) in [6, 6.07) is 6.06. The quantitative estimate of drug-likeness (QED) is 0.740. The molecule has 1 aromatic rings. The molecule has 0 aliphatic carbocycles. The molecular formula is C17H22N2O5S. The van der Waals surface area contributed by atoms with Crippen molar-refractivity contribution in [1.82, 2.24) is 9.21 Å². The zero-order valence-corrected chi connectivity index (χ0v) is 15.0. The number of hydrogen-bond donors (Lipinski definition) is 0. The summed E-state index contributed by atoms with van der Waals surface area (Å²) in [5.41, 5.74) is 0.369. The predicted octanol–water partition coefficient (Wildman–Crippen LogP) is 0.901. The molecule has 2 aliphatic heterocycles. The smallest absolute Gasteiger partial charge is 0.251 e. The van der Waals surface area contributed by atoms with E-state index >= 15 is 0 Å². The van der Waals surface area contributed by atoms with Crippen molar-refractivity contribution in [3.8, 4) is 0 Å². The van der Waals surface area contributed by atoms with Gasteiger partial charge in [0.05, 0.1) is 4.90 Å². The number of benzene rings is 1. The van der Waals surface area contributed by atoms with Crippen molar-refractivity contribution < 1.29 is 22.7 Å². The molecule has 0 bridgehead atoms. The van der Waals surface area contributed by atoms with E-state index in [0.717, 1.165) is 12.8 Å². The highest BCUT2D eigenvalue weighted by molar-refractivity contribution is 7.89. The molecular weight excluding hydrogens is 344 g/mol. The second kappa shape index (κ2) is 7.23. The summed E-state index contributed by atoms with van der Waals surface area (Å²) in [7, 11) is -3.67. The van der Waals surface area contributed by atoms with Crippen molar-refractivity contribution in [2.24, 2.45) is 0 Å². The molecule has 1 amide bonds. The molecule has 1 aromatic carbocycles. The average Bonchev–Trinajstić information content (AvgIpc) is 3.16. The maximum atomic E-state index is 12.8. The Hall–Kier alpha value is -1.77. The highest BCUT2D eigenvalue weighted by atomic mass is 32.2. The molecule has 0 spiro atoms. The Labute approximate surface area is 147 Å². The van der Waals surface area contributed by atoms with Crippen molar-refractivity contribution in [1.29, 1.82) is 0 Å². The van der Waals surface area contributed by atoms with E-state index in [1.165, 1.54) is 23.4 Å². The number of Topliss-reactive ketones (excluding diaryl/α,β-unsaturated/α-hetero) is 1. The first-order valence-corrected chi connectivity index (χ1v) is 9.85. The summed E-state index contributed by atoms with van der Waals surface area (Å²) in [6.45, 7) is 3.20. The van der Waals surface area contributed by atoms with Crippen LogP contribution in [0.2, 0.25) is 0 Å². The molecule has 2 saturated heterocycles. The summed E-state index contributed by atoms with van der Waals surface area (Å²) in [4.78, 5) is 25.6. The fourth-order valence-corrected chi connectivity index (χ4v) is 4.62. The minimum atomic E-state index is -3.67. The van der Waals surface area contributed by atoms with Crippen molar-refractivity contribution in [2.45, 2.75) is 30.8 Å². The summed E-state index contributed by atoms with van der Waals surface area (Å²) in [6.07, 6.45) is 1.24. The zero-order valence-electron chi connectivity index (χ0n) is 14.2. The van der Waals surface area contributed by atoms with Crippen LogP contribution in [0.25, 0.3) is 0 Å². The summed E-state index contributed by atoms with van der Waals surface area (Å²) >= 11 is 0. The Balaban J connectivity index is 1.68. The van der Waals surface area contributed by atoms with Crippen LogP contribution in [0.3, 0.4) is 0 Å². The standard InChI is InChI=1S/C17H22N2O5S/c1-13(20)14-4-2-5-15(12-14)25(22,23)19-9-7-18(8-10-19)17(21)16-6-3-11-24-16/h2,4-5,12,16H,3,6-11H2,1H3. The third-order valence-electron chi connectivity index (χ3n) is 4.63. The Kier molecular flexibility index (Phi) is 5.21. The van der Waals surface area contributed by atoms with Crippen LogP contribution >= 0.6 is 0 Å². The molecule has 2 fully saturated rings. The van der Waals surface area contributed by atoms with Crippen LogP contribution in [-0.4, -0.2) is 68.2 Å². The van der Waals surface area contributed by atoms with Gasteiger partial charge in [-0.3, -0.25) is 9.59 Å². The van der Waals surface area contributed by atoms with Crippen LogP contribution < -0.4 is 0 Å². The van der Waals surface area contributed by atoms with Gasteiger partial charge in [-0.2, -0.15) is 4.31 Å². The van der Waals surface area contributed by atoms with Crippen LogP contribution in [0.1, 0.15) is 30.1 Å². The fraction of sp³-hybridized carbons (Fsp3) is 0.529. The second-order valence-electron chi connectivity index (χ2n) is 6.32. The van der Waals surface area contributed by atoms with Gasteiger partial charge in [-0.05, 0) is 31.9 Å². The molecule has 2 heterocycles. The van der Waals surface area contributed by atoms with Crippen molar-refractivity contribution in [2.75, 3.05) is 32.8 Å². The van der Waals surface area contributed by atoms with Crippen LogP contribution in [0.4, 0.5) is 0 Å². The number of carbonyl (C=O) groups is 2. The van der Waals surface area contributed by atoms with Gasteiger partial charge >= 0.3 is 0 Å². The lowest BCUT2D eigenvalue weighted by Gasteiger charge is -2.35. The Morgan fingerprint density at radius 1 is 1.16 bits per heavy atom. The first kappa shape index (κ1) is 18.0. The van der Waals surface area contributed by atoms with E-state index in [2.05, 4.69) is 0 Å². The molecule has 2 aliphatic rings. The Morgan fingerprint density at radius 2 is 1.88 bits per heavy atom. The lowest BCUT2D eigenvalue weighted by Crippen LogP contribution is -2.52. The number of amides is 1. The lowest BCUT2D eigenvalue weighted by atomic mass is 10.2. The van der Waals surface area contributed by atoms with Crippen molar-refractivity contribution >= 4 is 21.7 Å².